The molecule has 2 N–H and O–H groups in total. The second kappa shape index (κ2) is 5.41. The van der Waals surface area contributed by atoms with Gasteiger partial charge in [-0.05, 0) is 29.7 Å². The molecule has 0 aromatic heterocycles. The van der Waals surface area contributed by atoms with E-state index < -0.39 is 11.9 Å². The van der Waals surface area contributed by atoms with Gasteiger partial charge < -0.3 is 5.73 Å². The van der Waals surface area contributed by atoms with Gasteiger partial charge in [-0.15, -0.1) is 0 Å². The molecule has 1 atom stereocenters. The fourth-order valence-electron chi connectivity index (χ4n) is 1.36. The van der Waals surface area contributed by atoms with Crippen molar-refractivity contribution in [2.45, 2.75) is 26.3 Å². The van der Waals surface area contributed by atoms with Gasteiger partial charge in [0.2, 0.25) is 0 Å². The summed E-state index contributed by atoms with van der Waals surface area (Å²) in [5.74, 6) is -0.451. The molecule has 0 fully saturated rings. The molecule has 0 heterocycles. The van der Waals surface area contributed by atoms with Crippen LogP contribution in [0.3, 0.4) is 0 Å². The lowest BCUT2D eigenvalue weighted by Gasteiger charge is -2.14. The number of hydrogen-bond acceptors (Lipinski definition) is 2. The molecule has 1 rings (SSSR count). The fourth-order valence-corrected chi connectivity index (χ4v) is 1.54. The Kier molecular flexibility index (Phi) is 4.44. The number of ketones is 1. The molecule has 0 amide bonds. The maximum Gasteiger partial charge on any atom is 0.154 e. The Balaban J connectivity index is 2.80. The van der Waals surface area contributed by atoms with Crippen LogP contribution in [0.25, 0.3) is 0 Å². The molecule has 2 nitrogen and oxygen atoms in total. The Morgan fingerprint density at radius 2 is 2.12 bits per heavy atom. The highest BCUT2D eigenvalue weighted by atomic mass is 35.5. The summed E-state index contributed by atoms with van der Waals surface area (Å²) in [6, 6.07) is 3.45. The van der Waals surface area contributed by atoms with Gasteiger partial charge in [-0.3, -0.25) is 4.79 Å². The third kappa shape index (κ3) is 3.29. The van der Waals surface area contributed by atoms with Crippen LogP contribution in [0.4, 0.5) is 4.39 Å². The van der Waals surface area contributed by atoms with E-state index in [4.69, 9.17) is 17.3 Å². The molecule has 0 aliphatic heterocycles. The molecule has 0 radical (unpaired) electrons. The second-order valence-corrected chi connectivity index (χ2v) is 4.56. The van der Waals surface area contributed by atoms with Crippen LogP contribution in [-0.2, 0) is 11.2 Å². The van der Waals surface area contributed by atoms with Crippen molar-refractivity contribution < 1.29 is 9.18 Å². The molecule has 0 saturated heterocycles. The first kappa shape index (κ1) is 13.1. The molecule has 0 saturated carbocycles. The number of carbonyl (C=O) groups is 1. The zero-order chi connectivity index (χ0) is 12.3. The summed E-state index contributed by atoms with van der Waals surface area (Å²) in [6.07, 6.45) is 0.0793. The summed E-state index contributed by atoms with van der Waals surface area (Å²) < 4.78 is 13.0. The zero-order valence-electron chi connectivity index (χ0n) is 9.34. The zero-order valence-corrected chi connectivity index (χ0v) is 10.1. The highest BCUT2D eigenvalue weighted by Gasteiger charge is 2.18. The largest absolute Gasteiger partial charge is 0.321 e. The first-order chi connectivity index (χ1) is 7.41. The van der Waals surface area contributed by atoms with Gasteiger partial charge in [0, 0.05) is 11.4 Å². The van der Waals surface area contributed by atoms with E-state index in [-0.39, 0.29) is 18.1 Å². The van der Waals surface area contributed by atoms with Gasteiger partial charge in [-0.1, -0.05) is 25.4 Å². The molecule has 0 aliphatic rings. The number of nitrogens with two attached hydrogens (primary N) is 1. The average Bonchev–Trinajstić information content (AvgIpc) is 2.22. The van der Waals surface area contributed by atoms with E-state index in [1.807, 2.05) is 13.8 Å². The average molecular weight is 244 g/mol. The first-order valence-electron chi connectivity index (χ1n) is 5.14. The maximum absolute atomic E-state index is 13.0. The van der Waals surface area contributed by atoms with Gasteiger partial charge in [0.15, 0.2) is 5.78 Å². The summed E-state index contributed by atoms with van der Waals surface area (Å²) in [6.45, 7) is 3.74. The Hall–Kier alpha value is -0.930. The number of rotatable bonds is 4. The van der Waals surface area contributed by atoms with Crippen molar-refractivity contribution in [2.24, 2.45) is 11.7 Å². The highest BCUT2D eigenvalue weighted by Crippen LogP contribution is 2.18. The van der Waals surface area contributed by atoms with Crippen molar-refractivity contribution in [2.75, 3.05) is 0 Å². The molecule has 4 heteroatoms. The van der Waals surface area contributed by atoms with Crippen LogP contribution in [0, 0.1) is 11.7 Å². The summed E-state index contributed by atoms with van der Waals surface area (Å²) >= 11 is 5.86. The molecule has 88 valence electrons. The van der Waals surface area contributed by atoms with Crippen LogP contribution in [0.2, 0.25) is 5.02 Å². The van der Waals surface area contributed by atoms with Crippen LogP contribution in [0.5, 0.6) is 0 Å². The molecule has 0 bridgehead atoms. The standard InChI is InChI=1S/C12H15ClFNO/c1-7(2)12(15)11(16)6-8-5-9(14)3-4-10(8)13/h3-5,7,12H,6,15H2,1-2H3. The third-order valence-corrected chi connectivity index (χ3v) is 2.83. The van der Waals surface area contributed by atoms with E-state index in [0.29, 0.717) is 10.6 Å². The number of hydrogen-bond donors (Lipinski definition) is 1. The minimum absolute atomic E-state index is 0.0693. The van der Waals surface area contributed by atoms with Crippen LogP contribution < -0.4 is 5.73 Å². The third-order valence-electron chi connectivity index (χ3n) is 2.46. The van der Waals surface area contributed by atoms with E-state index in [0.717, 1.165) is 0 Å². The second-order valence-electron chi connectivity index (χ2n) is 4.15. The summed E-state index contributed by atoms with van der Waals surface area (Å²) in [5, 5.41) is 0.394. The van der Waals surface area contributed by atoms with Crippen molar-refractivity contribution in [1.82, 2.24) is 0 Å². The Morgan fingerprint density at radius 1 is 1.50 bits per heavy atom. The number of carbonyl (C=O) groups excluding carboxylic acids is 1. The van der Waals surface area contributed by atoms with Crippen LogP contribution in [0.1, 0.15) is 19.4 Å². The SMILES string of the molecule is CC(C)C(N)C(=O)Cc1cc(F)ccc1Cl. The predicted molar refractivity (Wildman–Crippen MR) is 62.9 cm³/mol. The minimum atomic E-state index is -0.528. The molecule has 1 aromatic carbocycles. The van der Waals surface area contributed by atoms with Gasteiger partial charge in [0.1, 0.15) is 5.82 Å². The fraction of sp³-hybridized carbons (Fsp3) is 0.417. The van der Waals surface area contributed by atoms with Gasteiger partial charge >= 0.3 is 0 Å². The normalized spacial score (nSPS) is 12.9. The lowest BCUT2D eigenvalue weighted by atomic mass is 9.96. The number of halogens is 2. The maximum atomic E-state index is 13.0. The predicted octanol–water partition coefficient (Wildman–Crippen LogP) is 2.57. The van der Waals surface area contributed by atoms with E-state index in [2.05, 4.69) is 0 Å². The molecule has 0 aliphatic carbocycles. The number of benzene rings is 1. The Morgan fingerprint density at radius 3 is 2.69 bits per heavy atom. The van der Waals surface area contributed by atoms with Crippen molar-refractivity contribution >= 4 is 17.4 Å². The summed E-state index contributed by atoms with van der Waals surface area (Å²) in [4.78, 5) is 11.7. The molecule has 0 spiro atoms. The molecule has 16 heavy (non-hydrogen) atoms. The molecule has 1 unspecified atom stereocenters. The van der Waals surface area contributed by atoms with Crippen LogP contribution in [-0.4, -0.2) is 11.8 Å². The monoisotopic (exact) mass is 243 g/mol. The van der Waals surface area contributed by atoms with Crippen LogP contribution >= 0.6 is 11.6 Å². The van der Waals surface area contributed by atoms with Gasteiger partial charge in [0.25, 0.3) is 0 Å². The highest BCUT2D eigenvalue weighted by molar-refractivity contribution is 6.31. The van der Waals surface area contributed by atoms with E-state index in [9.17, 15) is 9.18 Å². The van der Waals surface area contributed by atoms with Crippen molar-refractivity contribution in [3.63, 3.8) is 0 Å². The molecular formula is C12H15ClFNO. The van der Waals surface area contributed by atoms with Gasteiger partial charge in [-0.2, -0.15) is 0 Å². The number of Topliss-reactive ketones (excluding diaryl/α,β-unsaturated/α-hetero) is 1. The van der Waals surface area contributed by atoms with Crippen molar-refractivity contribution in [3.8, 4) is 0 Å². The van der Waals surface area contributed by atoms with Crippen molar-refractivity contribution in [3.05, 3.63) is 34.6 Å². The van der Waals surface area contributed by atoms with Crippen molar-refractivity contribution in [1.29, 1.82) is 0 Å². The molecular weight excluding hydrogens is 229 g/mol. The lowest BCUT2D eigenvalue weighted by Crippen LogP contribution is -2.36. The smallest absolute Gasteiger partial charge is 0.154 e. The first-order valence-corrected chi connectivity index (χ1v) is 5.52. The van der Waals surface area contributed by atoms with E-state index >= 15 is 0 Å². The Labute approximate surface area is 99.6 Å². The Bertz CT molecular complexity index is 393. The van der Waals surface area contributed by atoms with Gasteiger partial charge in [0.05, 0.1) is 6.04 Å². The minimum Gasteiger partial charge on any atom is -0.321 e. The topological polar surface area (TPSA) is 43.1 Å². The lowest BCUT2D eigenvalue weighted by molar-refractivity contribution is -0.120. The van der Waals surface area contributed by atoms with E-state index in [1.165, 1.54) is 18.2 Å². The molecule has 1 aromatic rings. The quantitative estimate of drug-likeness (QED) is 0.883. The van der Waals surface area contributed by atoms with E-state index in [1.54, 1.807) is 0 Å². The van der Waals surface area contributed by atoms with Gasteiger partial charge in [-0.25, -0.2) is 4.39 Å². The summed E-state index contributed by atoms with van der Waals surface area (Å²) in [7, 11) is 0. The van der Waals surface area contributed by atoms with Crippen LogP contribution in [0.15, 0.2) is 18.2 Å². The summed E-state index contributed by atoms with van der Waals surface area (Å²) in [5.41, 5.74) is 6.20.